The number of aromatic nitrogens is 1. The summed E-state index contributed by atoms with van der Waals surface area (Å²) in [5.41, 5.74) is 1.01. The van der Waals surface area contributed by atoms with Crippen molar-refractivity contribution in [3.8, 4) is 5.88 Å². The summed E-state index contributed by atoms with van der Waals surface area (Å²) in [6.45, 7) is 4.48. The predicted octanol–water partition coefficient (Wildman–Crippen LogP) is 1.58. The van der Waals surface area contributed by atoms with Gasteiger partial charge >= 0.3 is 0 Å². The summed E-state index contributed by atoms with van der Waals surface area (Å²) in [6.07, 6.45) is 0. The molecule has 3 nitrogen and oxygen atoms in total. The van der Waals surface area contributed by atoms with Gasteiger partial charge in [-0.3, -0.25) is 0 Å². The lowest BCUT2D eigenvalue weighted by Crippen LogP contribution is -2.04. The van der Waals surface area contributed by atoms with Crippen LogP contribution in [0.4, 0.5) is 0 Å². The Morgan fingerprint density at radius 2 is 2.23 bits per heavy atom. The highest BCUT2D eigenvalue weighted by Gasteiger charge is 2.01. The number of aliphatic hydroxyl groups excluding tert-OH is 1. The molecule has 0 saturated heterocycles. The molecule has 0 aromatic carbocycles. The molecular weight excluding hydrogens is 166 g/mol. The molecule has 1 aromatic heterocycles. The summed E-state index contributed by atoms with van der Waals surface area (Å²) in [5.74, 6) is 0.984. The van der Waals surface area contributed by atoms with E-state index in [2.05, 4.69) is 18.8 Å². The molecule has 0 aliphatic rings. The van der Waals surface area contributed by atoms with Crippen molar-refractivity contribution in [3.63, 3.8) is 0 Å². The van der Waals surface area contributed by atoms with Crippen LogP contribution in [0.3, 0.4) is 0 Å². The maximum absolute atomic E-state index is 8.55. The van der Waals surface area contributed by atoms with Crippen LogP contribution in [0, 0.1) is 0 Å². The minimum atomic E-state index is 0.0214. The van der Waals surface area contributed by atoms with Gasteiger partial charge in [-0.05, 0) is 12.0 Å². The summed E-state index contributed by atoms with van der Waals surface area (Å²) in [7, 11) is 0. The Hall–Kier alpha value is -1.09. The standard InChI is InChI=1S/C10H15NO2/c1-8(2)9-4-3-5-10(11-9)13-7-6-12/h3-5,8,12H,6-7H2,1-2H3. The molecule has 1 rings (SSSR count). The molecule has 0 aliphatic heterocycles. The molecule has 1 N–H and O–H groups in total. The smallest absolute Gasteiger partial charge is 0.213 e. The van der Waals surface area contributed by atoms with Crippen molar-refractivity contribution in [3.05, 3.63) is 23.9 Å². The molecule has 1 heterocycles. The van der Waals surface area contributed by atoms with E-state index >= 15 is 0 Å². The number of ether oxygens (including phenoxy) is 1. The Kier molecular flexibility index (Phi) is 3.71. The Balaban J connectivity index is 2.68. The molecule has 13 heavy (non-hydrogen) atoms. The third-order valence-corrected chi connectivity index (χ3v) is 1.68. The van der Waals surface area contributed by atoms with Crippen LogP contribution in [0.2, 0.25) is 0 Å². The van der Waals surface area contributed by atoms with E-state index in [9.17, 15) is 0 Å². The van der Waals surface area contributed by atoms with Crippen molar-refractivity contribution < 1.29 is 9.84 Å². The van der Waals surface area contributed by atoms with Crippen LogP contribution in [-0.4, -0.2) is 23.3 Å². The molecule has 1 aromatic rings. The average molecular weight is 181 g/mol. The van der Waals surface area contributed by atoms with Gasteiger partial charge < -0.3 is 9.84 Å². The summed E-state index contributed by atoms with van der Waals surface area (Å²) in [5, 5.41) is 8.55. The molecule has 0 aliphatic carbocycles. The monoisotopic (exact) mass is 181 g/mol. The highest BCUT2D eigenvalue weighted by Crippen LogP contribution is 2.14. The maximum Gasteiger partial charge on any atom is 0.213 e. The van der Waals surface area contributed by atoms with Crippen LogP contribution in [0.5, 0.6) is 5.88 Å². The quantitative estimate of drug-likeness (QED) is 0.766. The SMILES string of the molecule is CC(C)c1cccc(OCCO)n1. The van der Waals surface area contributed by atoms with E-state index in [0.29, 0.717) is 18.4 Å². The van der Waals surface area contributed by atoms with Crippen LogP contribution >= 0.6 is 0 Å². The first-order chi connectivity index (χ1) is 6.24. The van der Waals surface area contributed by atoms with Gasteiger partial charge in [0.05, 0.1) is 6.61 Å². The van der Waals surface area contributed by atoms with E-state index in [4.69, 9.17) is 9.84 Å². The molecule has 0 atom stereocenters. The maximum atomic E-state index is 8.55. The fourth-order valence-corrected chi connectivity index (χ4v) is 0.983. The number of nitrogens with zero attached hydrogens (tertiary/aromatic N) is 1. The van der Waals surface area contributed by atoms with Gasteiger partial charge in [0.2, 0.25) is 5.88 Å². The Morgan fingerprint density at radius 1 is 1.46 bits per heavy atom. The van der Waals surface area contributed by atoms with Crippen molar-refractivity contribution in [2.45, 2.75) is 19.8 Å². The molecule has 3 heteroatoms. The highest BCUT2D eigenvalue weighted by molar-refractivity contribution is 5.17. The summed E-state index contributed by atoms with van der Waals surface area (Å²) in [4.78, 5) is 4.28. The van der Waals surface area contributed by atoms with E-state index in [1.54, 1.807) is 6.07 Å². The van der Waals surface area contributed by atoms with E-state index in [1.807, 2.05) is 12.1 Å². The van der Waals surface area contributed by atoms with Gasteiger partial charge in [-0.25, -0.2) is 4.98 Å². The highest BCUT2D eigenvalue weighted by atomic mass is 16.5. The molecule has 0 saturated carbocycles. The van der Waals surface area contributed by atoms with E-state index in [-0.39, 0.29) is 6.61 Å². The second kappa shape index (κ2) is 4.82. The minimum Gasteiger partial charge on any atom is -0.475 e. The summed E-state index contributed by atoms with van der Waals surface area (Å²) >= 11 is 0. The lowest BCUT2D eigenvalue weighted by molar-refractivity contribution is 0.196. The fourth-order valence-electron chi connectivity index (χ4n) is 0.983. The number of rotatable bonds is 4. The summed E-state index contributed by atoms with van der Waals surface area (Å²) < 4.78 is 5.18. The van der Waals surface area contributed by atoms with E-state index in [0.717, 1.165) is 5.69 Å². The zero-order valence-electron chi connectivity index (χ0n) is 8.03. The van der Waals surface area contributed by atoms with Gasteiger partial charge in [0.25, 0.3) is 0 Å². The molecular formula is C10H15NO2. The van der Waals surface area contributed by atoms with Crippen molar-refractivity contribution in [1.82, 2.24) is 4.98 Å². The van der Waals surface area contributed by atoms with Gasteiger partial charge in [-0.15, -0.1) is 0 Å². The lowest BCUT2D eigenvalue weighted by Gasteiger charge is -2.07. The molecule has 0 amide bonds. The Labute approximate surface area is 78.4 Å². The van der Waals surface area contributed by atoms with Crippen molar-refractivity contribution in [2.24, 2.45) is 0 Å². The van der Waals surface area contributed by atoms with Gasteiger partial charge in [0.1, 0.15) is 6.61 Å². The van der Waals surface area contributed by atoms with Crippen LogP contribution in [0.1, 0.15) is 25.5 Å². The first-order valence-electron chi connectivity index (χ1n) is 4.44. The first kappa shape index (κ1) is 9.99. The molecule has 0 radical (unpaired) electrons. The van der Waals surface area contributed by atoms with Gasteiger partial charge in [0.15, 0.2) is 0 Å². The topological polar surface area (TPSA) is 42.4 Å². The molecule has 0 fully saturated rings. The van der Waals surface area contributed by atoms with Crippen LogP contribution < -0.4 is 4.74 Å². The second-order valence-corrected chi connectivity index (χ2v) is 3.13. The Bertz CT molecular complexity index is 261. The third kappa shape index (κ3) is 3.03. The third-order valence-electron chi connectivity index (χ3n) is 1.68. The second-order valence-electron chi connectivity index (χ2n) is 3.13. The molecule has 72 valence electrons. The van der Waals surface area contributed by atoms with Crippen LogP contribution in [-0.2, 0) is 0 Å². The number of pyridine rings is 1. The summed E-state index contributed by atoms with van der Waals surface area (Å²) in [6, 6.07) is 5.67. The van der Waals surface area contributed by atoms with Crippen molar-refractivity contribution >= 4 is 0 Å². The zero-order valence-corrected chi connectivity index (χ0v) is 8.03. The van der Waals surface area contributed by atoms with Gasteiger partial charge in [-0.2, -0.15) is 0 Å². The van der Waals surface area contributed by atoms with Gasteiger partial charge in [-0.1, -0.05) is 19.9 Å². The minimum absolute atomic E-state index is 0.0214. The fraction of sp³-hybridized carbons (Fsp3) is 0.500. The lowest BCUT2D eigenvalue weighted by atomic mass is 10.1. The van der Waals surface area contributed by atoms with E-state index < -0.39 is 0 Å². The molecule has 0 bridgehead atoms. The molecule has 0 spiro atoms. The van der Waals surface area contributed by atoms with Crippen LogP contribution in [0.25, 0.3) is 0 Å². The normalized spacial score (nSPS) is 10.5. The number of hydrogen-bond acceptors (Lipinski definition) is 3. The first-order valence-corrected chi connectivity index (χ1v) is 4.44. The molecule has 0 unspecified atom stereocenters. The number of aliphatic hydroxyl groups is 1. The van der Waals surface area contributed by atoms with E-state index in [1.165, 1.54) is 0 Å². The van der Waals surface area contributed by atoms with Crippen molar-refractivity contribution in [2.75, 3.05) is 13.2 Å². The predicted molar refractivity (Wildman–Crippen MR) is 50.9 cm³/mol. The Morgan fingerprint density at radius 3 is 2.85 bits per heavy atom. The average Bonchev–Trinajstić information content (AvgIpc) is 2.15. The largest absolute Gasteiger partial charge is 0.475 e. The van der Waals surface area contributed by atoms with Crippen molar-refractivity contribution in [1.29, 1.82) is 0 Å². The van der Waals surface area contributed by atoms with Gasteiger partial charge in [0, 0.05) is 11.8 Å². The van der Waals surface area contributed by atoms with Crippen LogP contribution in [0.15, 0.2) is 18.2 Å². The zero-order chi connectivity index (χ0) is 9.68. The number of hydrogen-bond donors (Lipinski definition) is 1.